The van der Waals surface area contributed by atoms with Crippen molar-refractivity contribution in [1.82, 2.24) is 9.21 Å². The number of fused-ring (bicyclic) bond motifs is 1. The second-order valence-corrected chi connectivity index (χ2v) is 9.45. The Bertz CT molecular complexity index is 975. The van der Waals surface area contributed by atoms with E-state index in [1.165, 1.54) is 0 Å². The zero-order valence-electron chi connectivity index (χ0n) is 17.5. The molecule has 31 heavy (non-hydrogen) atoms. The molecule has 6 nitrogen and oxygen atoms in total. The molecular weight excluding hydrogens is 431 g/mol. The van der Waals surface area contributed by atoms with Gasteiger partial charge in [0.05, 0.1) is 12.3 Å². The molecule has 1 N–H and O–H groups in total. The molecule has 0 unspecified atom stereocenters. The highest BCUT2D eigenvalue weighted by molar-refractivity contribution is 7.90. The molecule has 0 aromatic heterocycles. The second-order valence-electron chi connectivity index (χ2n) is 7.52. The number of piperazine rings is 1. The van der Waals surface area contributed by atoms with Crippen molar-refractivity contribution in [3.05, 3.63) is 36.4 Å². The van der Waals surface area contributed by atoms with Gasteiger partial charge in [0.1, 0.15) is 5.75 Å². The molecule has 1 heterocycles. The topological polar surface area (TPSA) is 61.9 Å². The lowest BCUT2D eigenvalue weighted by molar-refractivity contribution is -0.0499. The summed E-state index contributed by atoms with van der Waals surface area (Å²) < 4.78 is 67.4. The van der Waals surface area contributed by atoms with E-state index in [9.17, 15) is 21.6 Å². The van der Waals surface area contributed by atoms with Crippen molar-refractivity contribution in [3.8, 4) is 5.75 Å². The molecule has 2 aromatic rings. The number of hydrogen-bond acceptors (Lipinski definition) is 5. The number of nitrogens with one attached hydrogen (secondary N) is 1. The third-order valence-corrected chi connectivity index (χ3v) is 6.87. The minimum atomic E-state index is -5.24. The molecule has 0 amide bonds. The van der Waals surface area contributed by atoms with Crippen LogP contribution in [0.3, 0.4) is 0 Å². The highest BCUT2D eigenvalue weighted by Gasteiger charge is 2.50. The number of rotatable bonds is 9. The van der Waals surface area contributed by atoms with E-state index in [1.54, 1.807) is 0 Å². The zero-order chi connectivity index (χ0) is 22.5. The van der Waals surface area contributed by atoms with E-state index in [0.29, 0.717) is 24.0 Å². The molecule has 1 aliphatic rings. The molecule has 0 radical (unpaired) electrons. The highest BCUT2D eigenvalue weighted by Crippen LogP contribution is 2.31. The Morgan fingerprint density at radius 2 is 1.71 bits per heavy atom. The number of anilines is 1. The number of nitrogens with zero attached hydrogens (tertiary/aromatic N) is 2. The van der Waals surface area contributed by atoms with Crippen molar-refractivity contribution in [2.75, 3.05) is 51.2 Å². The Morgan fingerprint density at radius 1 is 1.06 bits per heavy atom. The lowest BCUT2D eigenvalue weighted by Gasteiger charge is -2.34. The fourth-order valence-electron chi connectivity index (χ4n) is 3.55. The molecule has 172 valence electrons. The first kappa shape index (κ1) is 23.6. The average molecular weight is 460 g/mol. The maximum atomic E-state index is 12.7. The van der Waals surface area contributed by atoms with Gasteiger partial charge < -0.3 is 15.0 Å². The Hall–Kier alpha value is -2.04. The van der Waals surface area contributed by atoms with Crippen LogP contribution >= 0.6 is 0 Å². The smallest absolute Gasteiger partial charge is 0.491 e. The number of hydrogen-bond donors (Lipinski definition) is 1. The van der Waals surface area contributed by atoms with E-state index in [-0.39, 0.29) is 26.2 Å². The summed E-state index contributed by atoms with van der Waals surface area (Å²) in [6, 6.07) is 12.1. The van der Waals surface area contributed by atoms with Gasteiger partial charge in [-0.3, -0.25) is 0 Å². The maximum Gasteiger partial charge on any atom is 0.511 e. The normalized spacial score (nSPS) is 16.5. The molecule has 1 aliphatic heterocycles. The molecule has 1 fully saturated rings. The van der Waals surface area contributed by atoms with Gasteiger partial charge in [0.2, 0.25) is 0 Å². The predicted molar refractivity (Wildman–Crippen MR) is 116 cm³/mol. The van der Waals surface area contributed by atoms with Crippen molar-refractivity contribution < 1.29 is 26.3 Å². The van der Waals surface area contributed by atoms with E-state index in [0.717, 1.165) is 35.1 Å². The predicted octanol–water partition coefficient (Wildman–Crippen LogP) is 3.90. The largest absolute Gasteiger partial charge is 0.511 e. The SMILES string of the molecule is CCCOc1cc2ccccc2cc1NCCCN1CCN(S(=O)(=O)C(F)(F)F)CC1. The maximum absolute atomic E-state index is 12.7. The number of alkyl halides is 3. The molecule has 0 saturated carbocycles. The van der Waals surface area contributed by atoms with Crippen molar-refractivity contribution in [2.24, 2.45) is 0 Å². The van der Waals surface area contributed by atoms with Crippen LogP contribution < -0.4 is 10.1 Å². The van der Waals surface area contributed by atoms with Crippen LogP contribution in [0.2, 0.25) is 0 Å². The quantitative estimate of drug-likeness (QED) is 0.577. The monoisotopic (exact) mass is 459 g/mol. The van der Waals surface area contributed by atoms with Crippen molar-refractivity contribution in [1.29, 1.82) is 0 Å². The fraction of sp³-hybridized carbons (Fsp3) is 0.524. The molecule has 0 spiro atoms. The molecule has 1 saturated heterocycles. The zero-order valence-corrected chi connectivity index (χ0v) is 18.3. The molecular formula is C21H28F3N3O3S. The van der Waals surface area contributed by atoms with Crippen LogP contribution in [-0.4, -0.2) is 69.0 Å². The summed E-state index contributed by atoms with van der Waals surface area (Å²) in [4.78, 5) is 1.99. The summed E-state index contributed by atoms with van der Waals surface area (Å²) in [5.41, 5.74) is -4.33. The van der Waals surface area contributed by atoms with E-state index in [1.807, 2.05) is 42.2 Å². The Morgan fingerprint density at radius 3 is 2.32 bits per heavy atom. The van der Waals surface area contributed by atoms with Crippen molar-refractivity contribution in [3.63, 3.8) is 0 Å². The first-order chi connectivity index (χ1) is 14.7. The number of ether oxygens (including phenoxy) is 1. The molecule has 0 bridgehead atoms. The lowest BCUT2D eigenvalue weighted by atomic mass is 10.1. The highest BCUT2D eigenvalue weighted by atomic mass is 32.2. The molecule has 0 atom stereocenters. The molecule has 2 aromatic carbocycles. The summed E-state index contributed by atoms with van der Waals surface area (Å²) in [7, 11) is -5.23. The lowest BCUT2D eigenvalue weighted by Crippen LogP contribution is -2.52. The van der Waals surface area contributed by atoms with Gasteiger partial charge in [-0.2, -0.15) is 17.5 Å². The van der Waals surface area contributed by atoms with E-state index in [4.69, 9.17) is 4.74 Å². The van der Waals surface area contributed by atoms with Gasteiger partial charge in [0.25, 0.3) is 0 Å². The Kier molecular flexibility index (Phi) is 7.66. The fourth-order valence-corrected chi connectivity index (χ4v) is 4.49. The van der Waals surface area contributed by atoms with Gasteiger partial charge in [-0.05, 0) is 42.3 Å². The summed E-state index contributed by atoms with van der Waals surface area (Å²) in [6.07, 6.45) is 1.67. The minimum absolute atomic E-state index is 0.144. The first-order valence-corrected chi connectivity index (χ1v) is 11.8. The molecule has 0 aliphatic carbocycles. The number of benzene rings is 2. The van der Waals surface area contributed by atoms with Gasteiger partial charge in [-0.1, -0.05) is 31.2 Å². The van der Waals surface area contributed by atoms with Gasteiger partial charge in [0, 0.05) is 32.7 Å². The van der Waals surface area contributed by atoms with E-state index >= 15 is 0 Å². The molecule has 3 rings (SSSR count). The Balaban J connectivity index is 1.51. The van der Waals surface area contributed by atoms with Crippen LogP contribution in [0.5, 0.6) is 5.75 Å². The van der Waals surface area contributed by atoms with E-state index < -0.39 is 15.5 Å². The number of sulfonamides is 1. The minimum Gasteiger partial charge on any atom is -0.491 e. The van der Waals surface area contributed by atoms with Crippen LogP contribution in [0, 0.1) is 0 Å². The van der Waals surface area contributed by atoms with Gasteiger partial charge in [-0.15, -0.1) is 0 Å². The Labute approximate surface area is 181 Å². The summed E-state index contributed by atoms with van der Waals surface area (Å²) in [6.45, 7) is 4.30. The van der Waals surface area contributed by atoms with Crippen molar-refractivity contribution >= 4 is 26.5 Å². The van der Waals surface area contributed by atoms with Crippen LogP contribution in [0.4, 0.5) is 18.9 Å². The summed E-state index contributed by atoms with van der Waals surface area (Å²) in [5, 5.41) is 5.61. The van der Waals surface area contributed by atoms with Gasteiger partial charge >= 0.3 is 15.5 Å². The van der Waals surface area contributed by atoms with Crippen LogP contribution in [0.1, 0.15) is 19.8 Å². The number of halogens is 3. The third-order valence-electron chi connectivity index (χ3n) is 5.24. The van der Waals surface area contributed by atoms with Crippen LogP contribution in [0.25, 0.3) is 10.8 Å². The second kappa shape index (κ2) is 10.1. The molecule has 10 heteroatoms. The van der Waals surface area contributed by atoms with Gasteiger partial charge in [-0.25, -0.2) is 8.42 Å². The van der Waals surface area contributed by atoms with Crippen LogP contribution in [0.15, 0.2) is 36.4 Å². The van der Waals surface area contributed by atoms with Crippen molar-refractivity contribution in [2.45, 2.75) is 25.3 Å². The van der Waals surface area contributed by atoms with Gasteiger partial charge in [0.15, 0.2) is 0 Å². The average Bonchev–Trinajstić information content (AvgIpc) is 2.74. The van der Waals surface area contributed by atoms with Crippen LogP contribution in [-0.2, 0) is 10.0 Å². The van der Waals surface area contributed by atoms with E-state index in [2.05, 4.69) is 11.4 Å². The first-order valence-electron chi connectivity index (χ1n) is 10.4. The standard InChI is InChI=1S/C21H28F3N3O3S/c1-2-14-30-20-16-18-7-4-3-6-17(18)15-19(20)25-8-5-9-26-10-12-27(13-11-26)31(28,29)21(22,23)24/h3-4,6-7,15-16,25H,2,5,8-14H2,1H3. The third kappa shape index (κ3) is 5.81. The summed E-state index contributed by atoms with van der Waals surface area (Å²) in [5.74, 6) is 0.798. The summed E-state index contributed by atoms with van der Waals surface area (Å²) >= 11 is 0.